The molecule has 2 aromatic carbocycles. The molecular weight excluding hydrogens is 470 g/mol. The Bertz CT molecular complexity index is 1050. The lowest BCUT2D eigenvalue weighted by molar-refractivity contribution is -0.141. The highest BCUT2D eigenvalue weighted by atomic mass is 16.6. The molecule has 8 nitrogen and oxygen atoms in total. The number of hydrogen-bond donors (Lipinski definition) is 3. The van der Waals surface area contributed by atoms with Gasteiger partial charge in [-0.3, -0.25) is 9.59 Å². The molecule has 2 aromatic rings. The van der Waals surface area contributed by atoms with Crippen molar-refractivity contribution in [2.24, 2.45) is 0 Å². The minimum absolute atomic E-state index is 0.267. The van der Waals surface area contributed by atoms with Crippen LogP contribution in [0.1, 0.15) is 70.2 Å². The SMILES string of the molecule is CCCCN(C(=O)C(CO)NC(=O)OC(C)(C)C)C(C(=O)Nc1ccccc1C)c1ccc(CC)cc1. The second-order valence-electron chi connectivity index (χ2n) is 10.1. The highest BCUT2D eigenvalue weighted by molar-refractivity contribution is 5.99. The lowest BCUT2D eigenvalue weighted by Gasteiger charge is -2.34. The van der Waals surface area contributed by atoms with E-state index in [0.717, 1.165) is 24.0 Å². The molecule has 2 atom stereocenters. The summed E-state index contributed by atoms with van der Waals surface area (Å²) in [5, 5.41) is 15.5. The third-order valence-electron chi connectivity index (χ3n) is 5.87. The van der Waals surface area contributed by atoms with Crippen molar-refractivity contribution in [1.82, 2.24) is 10.2 Å². The van der Waals surface area contributed by atoms with Crippen molar-refractivity contribution >= 4 is 23.6 Å². The van der Waals surface area contributed by atoms with Crippen molar-refractivity contribution in [3.05, 3.63) is 65.2 Å². The summed E-state index contributed by atoms with van der Waals surface area (Å²) in [5.74, 6) is -0.941. The van der Waals surface area contributed by atoms with E-state index in [1.807, 2.05) is 69.3 Å². The summed E-state index contributed by atoms with van der Waals surface area (Å²) in [6.45, 7) is 10.7. The van der Waals surface area contributed by atoms with Crippen molar-refractivity contribution in [3.63, 3.8) is 0 Å². The van der Waals surface area contributed by atoms with Gasteiger partial charge in [-0.2, -0.15) is 0 Å². The van der Waals surface area contributed by atoms with Crippen molar-refractivity contribution in [1.29, 1.82) is 0 Å². The van der Waals surface area contributed by atoms with Gasteiger partial charge in [-0.1, -0.05) is 62.7 Å². The van der Waals surface area contributed by atoms with Gasteiger partial charge in [0.1, 0.15) is 17.7 Å². The summed E-state index contributed by atoms with van der Waals surface area (Å²) in [6.07, 6.45) is 1.44. The molecule has 2 rings (SSSR count). The van der Waals surface area contributed by atoms with Crippen LogP contribution in [0.4, 0.5) is 10.5 Å². The van der Waals surface area contributed by atoms with E-state index >= 15 is 0 Å². The van der Waals surface area contributed by atoms with Crippen LogP contribution in [-0.4, -0.2) is 52.7 Å². The van der Waals surface area contributed by atoms with Crippen LogP contribution in [-0.2, 0) is 20.7 Å². The van der Waals surface area contributed by atoms with Crippen LogP contribution >= 0.6 is 0 Å². The highest BCUT2D eigenvalue weighted by Gasteiger charge is 2.36. The molecule has 0 radical (unpaired) electrons. The van der Waals surface area contributed by atoms with Gasteiger partial charge in [-0.05, 0) is 63.3 Å². The number of rotatable bonds is 11. The fourth-order valence-corrected chi connectivity index (χ4v) is 3.85. The van der Waals surface area contributed by atoms with Crippen LogP contribution in [0.25, 0.3) is 0 Å². The zero-order chi connectivity index (χ0) is 27.6. The number of benzene rings is 2. The second kappa shape index (κ2) is 13.8. The molecule has 0 aliphatic carbocycles. The second-order valence-corrected chi connectivity index (χ2v) is 10.1. The molecular formula is C29H41N3O5. The molecule has 0 aliphatic heterocycles. The number of alkyl carbamates (subject to hydrolysis) is 1. The Morgan fingerprint density at radius 1 is 1.03 bits per heavy atom. The molecule has 8 heteroatoms. The third-order valence-corrected chi connectivity index (χ3v) is 5.87. The fourth-order valence-electron chi connectivity index (χ4n) is 3.85. The molecule has 0 fully saturated rings. The topological polar surface area (TPSA) is 108 Å². The maximum absolute atomic E-state index is 13.8. The molecule has 202 valence electrons. The molecule has 0 aliphatic rings. The summed E-state index contributed by atoms with van der Waals surface area (Å²) in [4.78, 5) is 41.4. The summed E-state index contributed by atoms with van der Waals surface area (Å²) < 4.78 is 5.28. The van der Waals surface area contributed by atoms with Gasteiger partial charge < -0.3 is 25.4 Å². The maximum Gasteiger partial charge on any atom is 0.408 e. The molecule has 2 unspecified atom stereocenters. The Morgan fingerprint density at radius 3 is 2.22 bits per heavy atom. The number of amides is 3. The van der Waals surface area contributed by atoms with Crippen molar-refractivity contribution < 1.29 is 24.2 Å². The Kier molecular flexibility index (Phi) is 11.1. The number of hydrogen-bond acceptors (Lipinski definition) is 5. The molecule has 0 spiro atoms. The number of para-hydroxylation sites is 1. The van der Waals surface area contributed by atoms with E-state index in [-0.39, 0.29) is 12.5 Å². The fraction of sp³-hybridized carbons (Fsp3) is 0.483. The molecule has 0 bridgehead atoms. The zero-order valence-electron chi connectivity index (χ0n) is 22.8. The monoisotopic (exact) mass is 511 g/mol. The number of unbranched alkanes of at least 4 members (excludes halogenated alkanes) is 1. The van der Waals surface area contributed by atoms with Crippen LogP contribution in [0.2, 0.25) is 0 Å². The van der Waals surface area contributed by atoms with Gasteiger partial charge in [0.15, 0.2) is 0 Å². The quantitative estimate of drug-likeness (QED) is 0.403. The smallest absolute Gasteiger partial charge is 0.408 e. The molecule has 37 heavy (non-hydrogen) atoms. The number of carbonyl (C=O) groups is 3. The van der Waals surface area contributed by atoms with E-state index in [2.05, 4.69) is 10.6 Å². The van der Waals surface area contributed by atoms with E-state index in [4.69, 9.17) is 4.74 Å². The molecule has 0 saturated heterocycles. The first kappa shape index (κ1) is 29.8. The van der Waals surface area contributed by atoms with Gasteiger partial charge in [-0.25, -0.2) is 4.79 Å². The van der Waals surface area contributed by atoms with Gasteiger partial charge in [0, 0.05) is 12.2 Å². The predicted molar refractivity (Wildman–Crippen MR) is 145 cm³/mol. The average Bonchev–Trinajstić information content (AvgIpc) is 2.85. The molecule has 3 amide bonds. The zero-order valence-corrected chi connectivity index (χ0v) is 22.8. The third kappa shape index (κ3) is 8.89. The van der Waals surface area contributed by atoms with Crippen LogP contribution in [0, 0.1) is 6.92 Å². The number of aliphatic hydroxyl groups is 1. The van der Waals surface area contributed by atoms with Gasteiger partial charge >= 0.3 is 6.09 Å². The van der Waals surface area contributed by atoms with E-state index in [1.54, 1.807) is 20.8 Å². The minimum Gasteiger partial charge on any atom is -0.444 e. The highest BCUT2D eigenvalue weighted by Crippen LogP contribution is 2.26. The number of anilines is 1. The van der Waals surface area contributed by atoms with E-state index < -0.39 is 36.3 Å². The summed E-state index contributed by atoms with van der Waals surface area (Å²) >= 11 is 0. The lowest BCUT2D eigenvalue weighted by Crippen LogP contribution is -2.54. The largest absolute Gasteiger partial charge is 0.444 e. The Hall–Kier alpha value is -3.39. The lowest BCUT2D eigenvalue weighted by atomic mass is 10.00. The van der Waals surface area contributed by atoms with Gasteiger partial charge in [0.2, 0.25) is 5.91 Å². The summed E-state index contributed by atoms with van der Waals surface area (Å²) in [7, 11) is 0. The Labute approximate surface area is 220 Å². The van der Waals surface area contributed by atoms with Crippen molar-refractivity contribution in [3.8, 4) is 0 Å². The van der Waals surface area contributed by atoms with Crippen LogP contribution in [0.3, 0.4) is 0 Å². The van der Waals surface area contributed by atoms with Crippen LogP contribution in [0.15, 0.2) is 48.5 Å². The standard InChI is InChI=1S/C29H41N3O5/c1-7-9-18-32(27(35)24(19-33)31-28(36)37-29(4,5)6)25(22-16-14-21(8-2)15-17-22)26(34)30-23-13-11-10-12-20(23)3/h10-17,24-25,33H,7-9,18-19H2,1-6H3,(H,30,34)(H,31,36). The van der Waals surface area contributed by atoms with Gasteiger partial charge in [-0.15, -0.1) is 0 Å². The number of carbonyl (C=O) groups excluding carboxylic acids is 3. The molecule has 3 N–H and O–H groups in total. The molecule has 0 saturated carbocycles. The average molecular weight is 512 g/mol. The summed E-state index contributed by atoms with van der Waals surface area (Å²) in [6, 6.07) is 12.8. The van der Waals surface area contributed by atoms with E-state index in [9.17, 15) is 19.5 Å². The van der Waals surface area contributed by atoms with Gasteiger partial charge in [0.05, 0.1) is 6.61 Å². The first-order chi connectivity index (χ1) is 17.5. The number of nitrogens with one attached hydrogen (secondary N) is 2. The molecule has 0 heterocycles. The predicted octanol–water partition coefficient (Wildman–Crippen LogP) is 4.75. The van der Waals surface area contributed by atoms with E-state index in [1.165, 1.54) is 4.90 Å². The van der Waals surface area contributed by atoms with Crippen LogP contribution < -0.4 is 10.6 Å². The number of nitrogens with zero attached hydrogens (tertiary/aromatic N) is 1. The summed E-state index contributed by atoms with van der Waals surface area (Å²) in [5.41, 5.74) is 2.51. The number of ether oxygens (including phenoxy) is 1. The first-order valence-electron chi connectivity index (χ1n) is 12.9. The normalized spacial score (nSPS) is 12.8. The molecule has 0 aromatic heterocycles. The Balaban J connectivity index is 2.48. The van der Waals surface area contributed by atoms with Crippen molar-refractivity contribution in [2.75, 3.05) is 18.5 Å². The van der Waals surface area contributed by atoms with Gasteiger partial charge in [0.25, 0.3) is 5.91 Å². The van der Waals surface area contributed by atoms with Crippen molar-refractivity contribution in [2.45, 2.75) is 78.5 Å². The minimum atomic E-state index is -1.27. The number of aryl methyl sites for hydroxylation is 2. The first-order valence-corrected chi connectivity index (χ1v) is 12.9. The maximum atomic E-state index is 13.8. The van der Waals surface area contributed by atoms with E-state index in [0.29, 0.717) is 17.7 Å². The number of aliphatic hydroxyl groups excluding tert-OH is 1. The Morgan fingerprint density at radius 2 is 1.68 bits per heavy atom. The van der Waals surface area contributed by atoms with Crippen LogP contribution in [0.5, 0.6) is 0 Å².